The minimum Gasteiger partial charge on any atom is -0.392 e. The number of allylic oxidation sites excluding steroid dienone is 2. The van der Waals surface area contributed by atoms with Crippen molar-refractivity contribution in [3.05, 3.63) is 12.2 Å². The van der Waals surface area contributed by atoms with Gasteiger partial charge in [-0.25, -0.2) is 9.78 Å². The van der Waals surface area contributed by atoms with Gasteiger partial charge in [-0.05, 0) is 37.0 Å². The Morgan fingerprint density at radius 3 is 2.35 bits per heavy atom. The van der Waals surface area contributed by atoms with Crippen LogP contribution in [0.3, 0.4) is 0 Å². The summed E-state index contributed by atoms with van der Waals surface area (Å²) in [4.78, 5) is 8.97. The lowest BCUT2D eigenvalue weighted by molar-refractivity contribution is -0.355. The number of hydrogen-bond acceptors (Lipinski definition) is 3. The second-order valence-corrected chi connectivity index (χ2v) is 6.46. The maximum absolute atomic E-state index is 13.5. The van der Waals surface area contributed by atoms with Crippen LogP contribution in [0.1, 0.15) is 13.3 Å². The zero-order chi connectivity index (χ0) is 14.7. The van der Waals surface area contributed by atoms with Gasteiger partial charge >= 0.3 is 6.18 Å². The van der Waals surface area contributed by atoms with Gasteiger partial charge in [0.15, 0.2) is 0 Å². The molecule has 7 atom stereocenters. The molecule has 2 saturated carbocycles. The molecule has 2 fully saturated rings. The van der Waals surface area contributed by atoms with Crippen molar-refractivity contribution in [2.24, 2.45) is 35.0 Å². The zero-order valence-electron chi connectivity index (χ0n) is 11.4. The topological polar surface area (TPSA) is 38.7 Å². The largest absolute Gasteiger partial charge is 0.396 e. The highest BCUT2D eigenvalue weighted by Crippen LogP contribution is 2.67. The molecule has 0 amide bonds. The van der Waals surface area contributed by atoms with Gasteiger partial charge in [0.2, 0.25) is 0 Å². The van der Waals surface area contributed by atoms with Crippen LogP contribution in [-0.2, 0) is 9.78 Å². The molecule has 7 unspecified atom stereocenters. The molecule has 0 spiro atoms. The van der Waals surface area contributed by atoms with Crippen LogP contribution in [0.25, 0.3) is 0 Å². The number of alkyl halides is 3. The standard InChI is InChI=1S/C14H19F3O3/c1-13(6-20-19-2,14(15,16)17)11-9-7-3-4-8(5-7)10(9)12(11)18/h3-4,7-12,18H,5-6H2,1-2H3. The van der Waals surface area contributed by atoms with Crippen LogP contribution in [0, 0.1) is 35.0 Å². The molecule has 0 aromatic carbocycles. The van der Waals surface area contributed by atoms with Crippen LogP contribution in [0.5, 0.6) is 0 Å². The molecule has 3 aliphatic rings. The predicted octanol–water partition coefficient (Wildman–Crippen LogP) is 2.56. The van der Waals surface area contributed by atoms with Crippen LogP contribution < -0.4 is 0 Å². The highest BCUT2D eigenvalue weighted by Gasteiger charge is 2.71. The van der Waals surface area contributed by atoms with E-state index in [-0.39, 0.29) is 23.7 Å². The summed E-state index contributed by atoms with van der Waals surface area (Å²) < 4.78 is 40.5. The monoisotopic (exact) mass is 292 g/mol. The third kappa shape index (κ3) is 1.71. The third-order valence-corrected chi connectivity index (χ3v) is 5.62. The SMILES string of the molecule is COOCC(C)(C1C(O)C2C3C=CC(C3)C21)C(F)(F)F. The summed E-state index contributed by atoms with van der Waals surface area (Å²) in [6.07, 6.45) is -0.414. The van der Waals surface area contributed by atoms with Gasteiger partial charge in [0, 0.05) is 5.92 Å². The van der Waals surface area contributed by atoms with Crippen molar-refractivity contribution in [3.8, 4) is 0 Å². The van der Waals surface area contributed by atoms with Crippen molar-refractivity contribution in [3.63, 3.8) is 0 Å². The number of aliphatic hydroxyl groups is 1. The summed E-state index contributed by atoms with van der Waals surface area (Å²) in [6, 6.07) is 0. The first kappa shape index (κ1) is 14.4. The molecule has 0 heterocycles. The minimum atomic E-state index is -4.44. The molecule has 0 aromatic heterocycles. The van der Waals surface area contributed by atoms with Gasteiger partial charge in [0.25, 0.3) is 0 Å². The molecule has 3 rings (SSSR count). The van der Waals surface area contributed by atoms with E-state index in [0.29, 0.717) is 0 Å². The quantitative estimate of drug-likeness (QED) is 0.492. The molecule has 6 heteroatoms. The fourth-order valence-electron chi connectivity index (χ4n) is 4.56. The molecule has 0 aliphatic heterocycles. The Morgan fingerprint density at radius 1 is 1.20 bits per heavy atom. The summed E-state index contributed by atoms with van der Waals surface area (Å²) in [7, 11) is 1.19. The highest BCUT2D eigenvalue weighted by atomic mass is 19.4. The van der Waals surface area contributed by atoms with Gasteiger partial charge in [-0.1, -0.05) is 12.2 Å². The fourth-order valence-corrected chi connectivity index (χ4v) is 4.56. The molecule has 114 valence electrons. The lowest BCUT2D eigenvalue weighted by Gasteiger charge is -2.57. The van der Waals surface area contributed by atoms with E-state index in [1.54, 1.807) is 0 Å². The number of fused-ring (bicyclic) bond motifs is 5. The molecule has 3 nitrogen and oxygen atoms in total. The van der Waals surface area contributed by atoms with E-state index in [4.69, 9.17) is 0 Å². The van der Waals surface area contributed by atoms with Crippen LogP contribution in [0.15, 0.2) is 12.2 Å². The van der Waals surface area contributed by atoms with E-state index in [2.05, 4.69) is 9.78 Å². The molecular formula is C14H19F3O3. The molecule has 3 aliphatic carbocycles. The van der Waals surface area contributed by atoms with Gasteiger partial charge in [0.05, 0.1) is 25.2 Å². The second-order valence-electron chi connectivity index (χ2n) is 6.46. The molecule has 20 heavy (non-hydrogen) atoms. The molecule has 0 aromatic rings. The third-order valence-electron chi connectivity index (χ3n) is 5.62. The Balaban J connectivity index is 1.87. The first-order chi connectivity index (χ1) is 9.31. The van der Waals surface area contributed by atoms with Crippen molar-refractivity contribution in [1.29, 1.82) is 0 Å². The van der Waals surface area contributed by atoms with Gasteiger partial charge in [-0.2, -0.15) is 13.2 Å². The van der Waals surface area contributed by atoms with Crippen molar-refractivity contribution in [2.45, 2.75) is 25.6 Å². The second kappa shape index (κ2) is 4.45. The minimum absolute atomic E-state index is 0.0146. The average molecular weight is 292 g/mol. The van der Waals surface area contributed by atoms with Crippen molar-refractivity contribution in [1.82, 2.24) is 0 Å². The first-order valence-electron chi connectivity index (χ1n) is 6.90. The van der Waals surface area contributed by atoms with Crippen molar-refractivity contribution >= 4 is 0 Å². The Labute approximate surface area is 115 Å². The van der Waals surface area contributed by atoms with Gasteiger partial charge in [-0.15, -0.1) is 0 Å². The van der Waals surface area contributed by atoms with E-state index in [0.717, 1.165) is 13.3 Å². The van der Waals surface area contributed by atoms with E-state index < -0.39 is 30.2 Å². The van der Waals surface area contributed by atoms with E-state index in [1.807, 2.05) is 12.2 Å². The molecule has 2 bridgehead atoms. The van der Waals surface area contributed by atoms with Gasteiger partial charge < -0.3 is 5.11 Å². The first-order valence-corrected chi connectivity index (χ1v) is 6.90. The summed E-state index contributed by atoms with van der Waals surface area (Å²) >= 11 is 0. The van der Waals surface area contributed by atoms with E-state index >= 15 is 0 Å². The summed E-state index contributed by atoms with van der Waals surface area (Å²) in [6.45, 7) is 0.547. The predicted molar refractivity (Wildman–Crippen MR) is 64.3 cm³/mol. The maximum Gasteiger partial charge on any atom is 0.396 e. The molecular weight excluding hydrogens is 273 g/mol. The van der Waals surface area contributed by atoms with E-state index in [9.17, 15) is 18.3 Å². The lowest BCUT2D eigenvalue weighted by atomic mass is 9.50. The molecule has 0 radical (unpaired) electrons. The normalized spacial score (nSPS) is 45.1. The maximum atomic E-state index is 13.5. The Bertz CT molecular complexity index is 422. The number of aliphatic hydroxyl groups excluding tert-OH is 1. The molecule has 0 saturated heterocycles. The summed E-state index contributed by atoms with van der Waals surface area (Å²) in [5.41, 5.74) is -2.08. The summed E-state index contributed by atoms with van der Waals surface area (Å²) in [5.74, 6) is -0.506. The highest BCUT2D eigenvalue weighted by molar-refractivity contribution is 5.24. The van der Waals surface area contributed by atoms with Crippen LogP contribution in [0.2, 0.25) is 0 Å². The number of hydrogen-bond donors (Lipinski definition) is 1. The summed E-state index contributed by atoms with van der Waals surface area (Å²) in [5, 5.41) is 10.3. The number of halogens is 3. The Kier molecular flexibility index (Phi) is 3.19. The van der Waals surface area contributed by atoms with Crippen molar-refractivity contribution in [2.75, 3.05) is 13.7 Å². The van der Waals surface area contributed by atoms with Crippen LogP contribution in [0.4, 0.5) is 13.2 Å². The van der Waals surface area contributed by atoms with Gasteiger partial charge in [-0.3, -0.25) is 0 Å². The fraction of sp³-hybridized carbons (Fsp3) is 0.857. The Hall–Kier alpha value is -0.590. The van der Waals surface area contributed by atoms with Crippen LogP contribution >= 0.6 is 0 Å². The van der Waals surface area contributed by atoms with E-state index in [1.165, 1.54) is 7.11 Å². The van der Waals surface area contributed by atoms with Gasteiger partial charge in [0.1, 0.15) is 0 Å². The zero-order valence-corrected chi connectivity index (χ0v) is 11.4. The molecule has 1 N–H and O–H groups in total. The average Bonchev–Trinajstić information content (AvgIpc) is 2.92. The van der Waals surface area contributed by atoms with Crippen LogP contribution in [-0.4, -0.2) is 31.1 Å². The smallest absolute Gasteiger partial charge is 0.392 e. The lowest BCUT2D eigenvalue weighted by Crippen LogP contribution is -2.64. The van der Waals surface area contributed by atoms with Crippen molar-refractivity contribution < 1.29 is 28.1 Å². The Morgan fingerprint density at radius 2 is 1.80 bits per heavy atom. The number of rotatable bonds is 4.